The van der Waals surface area contributed by atoms with Crippen molar-refractivity contribution in [1.82, 2.24) is 4.90 Å². The molecule has 2 aliphatic rings. The number of nitrogens with zero attached hydrogens (tertiary/aromatic N) is 1. The summed E-state index contributed by atoms with van der Waals surface area (Å²) >= 11 is 0. The molecule has 0 amide bonds. The van der Waals surface area contributed by atoms with Crippen LogP contribution in [0.4, 0.5) is 0 Å². The van der Waals surface area contributed by atoms with Crippen LogP contribution in [0.5, 0.6) is 0 Å². The van der Waals surface area contributed by atoms with Crippen molar-refractivity contribution in [2.45, 2.75) is 70.4 Å². The summed E-state index contributed by atoms with van der Waals surface area (Å²) in [5, 5.41) is 0. The minimum atomic E-state index is 0.165. The predicted octanol–water partition coefficient (Wildman–Crippen LogP) is 4.10. The Hall–Kier alpha value is -0.860. The fourth-order valence-corrected chi connectivity index (χ4v) is 4.55. The normalized spacial score (nSPS) is 24.1. The van der Waals surface area contributed by atoms with Crippen LogP contribution in [-0.4, -0.2) is 23.5 Å². The van der Waals surface area contributed by atoms with Crippen molar-refractivity contribution in [3.05, 3.63) is 34.9 Å². The summed E-state index contributed by atoms with van der Waals surface area (Å²) in [6.07, 6.45) is 9.33. The summed E-state index contributed by atoms with van der Waals surface area (Å²) in [6.45, 7) is 6.94. The second kappa shape index (κ2) is 6.10. The van der Waals surface area contributed by atoms with Gasteiger partial charge in [-0.15, -0.1) is 0 Å². The smallest absolute Gasteiger partial charge is 0.0484 e. The van der Waals surface area contributed by atoms with E-state index in [0.717, 1.165) is 0 Å². The Kier molecular flexibility index (Phi) is 4.37. The molecule has 1 aliphatic heterocycles. The molecule has 0 bridgehead atoms. The zero-order chi connectivity index (χ0) is 14.9. The SMILES string of the molecule is Cc1cccc(C(N)C2(N3CCCCC3)CCCC2)c1C. The fraction of sp³-hybridized carbons (Fsp3) is 0.684. The molecule has 1 aliphatic carbocycles. The zero-order valence-electron chi connectivity index (χ0n) is 13.7. The van der Waals surface area contributed by atoms with E-state index >= 15 is 0 Å². The van der Waals surface area contributed by atoms with Crippen molar-refractivity contribution in [1.29, 1.82) is 0 Å². The highest BCUT2D eigenvalue weighted by atomic mass is 15.2. The molecule has 21 heavy (non-hydrogen) atoms. The lowest BCUT2D eigenvalue weighted by molar-refractivity contribution is 0.0476. The maximum Gasteiger partial charge on any atom is 0.0484 e. The molecule has 116 valence electrons. The van der Waals surface area contributed by atoms with Gasteiger partial charge in [-0.05, 0) is 69.3 Å². The lowest BCUT2D eigenvalue weighted by Gasteiger charge is -2.47. The van der Waals surface area contributed by atoms with Gasteiger partial charge in [0.25, 0.3) is 0 Å². The Morgan fingerprint density at radius 1 is 1.00 bits per heavy atom. The average molecular weight is 286 g/mol. The van der Waals surface area contributed by atoms with Gasteiger partial charge in [-0.1, -0.05) is 37.5 Å². The van der Waals surface area contributed by atoms with Crippen molar-refractivity contribution in [2.24, 2.45) is 5.73 Å². The first-order valence-electron chi connectivity index (χ1n) is 8.72. The lowest BCUT2D eigenvalue weighted by Crippen LogP contribution is -2.55. The van der Waals surface area contributed by atoms with Gasteiger partial charge in [-0.25, -0.2) is 0 Å². The fourth-order valence-electron chi connectivity index (χ4n) is 4.55. The molecule has 1 aromatic rings. The number of hydrogen-bond donors (Lipinski definition) is 1. The Labute approximate surface area is 129 Å². The standard InChI is InChI=1S/C19H30N2/c1-15-9-8-10-17(16(15)2)18(20)19(11-4-5-12-19)21-13-6-3-7-14-21/h8-10,18H,3-7,11-14,20H2,1-2H3. The number of likely N-dealkylation sites (tertiary alicyclic amines) is 1. The third-order valence-electron chi connectivity index (χ3n) is 6.02. The van der Waals surface area contributed by atoms with Crippen LogP contribution in [0.25, 0.3) is 0 Å². The Bertz CT molecular complexity index is 482. The number of rotatable bonds is 3. The van der Waals surface area contributed by atoms with E-state index < -0.39 is 0 Å². The third-order valence-corrected chi connectivity index (χ3v) is 6.02. The summed E-state index contributed by atoms with van der Waals surface area (Å²) in [6, 6.07) is 6.80. The molecule has 1 saturated heterocycles. The predicted molar refractivity (Wildman–Crippen MR) is 89.5 cm³/mol. The molecule has 1 atom stereocenters. The first-order valence-corrected chi connectivity index (χ1v) is 8.72. The summed E-state index contributed by atoms with van der Waals surface area (Å²) in [5.41, 5.74) is 11.3. The van der Waals surface area contributed by atoms with Crippen LogP contribution >= 0.6 is 0 Å². The first kappa shape index (κ1) is 15.1. The van der Waals surface area contributed by atoms with Crippen molar-refractivity contribution in [2.75, 3.05) is 13.1 Å². The second-order valence-electron chi connectivity index (χ2n) is 7.13. The molecule has 0 aromatic heterocycles. The zero-order valence-corrected chi connectivity index (χ0v) is 13.7. The third kappa shape index (κ3) is 2.64. The molecule has 1 aromatic carbocycles. The monoisotopic (exact) mass is 286 g/mol. The average Bonchev–Trinajstić information content (AvgIpc) is 3.01. The van der Waals surface area contributed by atoms with E-state index in [4.69, 9.17) is 5.73 Å². The molecule has 0 radical (unpaired) electrons. The molecular formula is C19H30N2. The number of benzene rings is 1. The van der Waals surface area contributed by atoms with Crippen LogP contribution in [0.3, 0.4) is 0 Å². The van der Waals surface area contributed by atoms with Gasteiger partial charge >= 0.3 is 0 Å². The number of aryl methyl sites for hydroxylation is 1. The van der Waals surface area contributed by atoms with E-state index in [9.17, 15) is 0 Å². The maximum atomic E-state index is 6.89. The second-order valence-corrected chi connectivity index (χ2v) is 7.13. The minimum absolute atomic E-state index is 0.165. The number of piperidine rings is 1. The Morgan fingerprint density at radius 2 is 1.67 bits per heavy atom. The van der Waals surface area contributed by atoms with Crippen LogP contribution in [-0.2, 0) is 0 Å². The number of nitrogens with two attached hydrogens (primary N) is 1. The van der Waals surface area contributed by atoms with Gasteiger partial charge in [-0.3, -0.25) is 4.90 Å². The van der Waals surface area contributed by atoms with E-state index in [0.29, 0.717) is 0 Å². The van der Waals surface area contributed by atoms with Gasteiger partial charge in [0.05, 0.1) is 0 Å². The molecule has 3 rings (SSSR count). The van der Waals surface area contributed by atoms with Crippen molar-refractivity contribution in [3.63, 3.8) is 0 Å². The van der Waals surface area contributed by atoms with Gasteiger partial charge in [0.1, 0.15) is 0 Å². The molecule has 2 N–H and O–H groups in total. The Morgan fingerprint density at radius 3 is 2.33 bits per heavy atom. The van der Waals surface area contributed by atoms with E-state index in [1.54, 1.807) is 0 Å². The molecule has 2 heteroatoms. The topological polar surface area (TPSA) is 29.3 Å². The van der Waals surface area contributed by atoms with Gasteiger partial charge in [0.15, 0.2) is 0 Å². The number of hydrogen-bond acceptors (Lipinski definition) is 2. The minimum Gasteiger partial charge on any atom is -0.322 e. The summed E-state index contributed by atoms with van der Waals surface area (Å²) in [5.74, 6) is 0. The molecule has 1 heterocycles. The van der Waals surface area contributed by atoms with Crippen LogP contribution < -0.4 is 5.73 Å². The first-order chi connectivity index (χ1) is 10.1. The molecular weight excluding hydrogens is 256 g/mol. The highest BCUT2D eigenvalue weighted by Gasteiger charge is 2.45. The van der Waals surface area contributed by atoms with Gasteiger partial charge in [0.2, 0.25) is 0 Å². The van der Waals surface area contributed by atoms with Gasteiger partial charge in [0, 0.05) is 11.6 Å². The highest BCUT2D eigenvalue weighted by Crippen LogP contribution is 2.45. The Balaban J connectivity index is 1.94. The molecule has 2 fully saturated rings. The lowest BCUT2D eigenvalue weighted by atomic mass is 9.79. The van der Waals surface area contributed by atoms with Gasteiger partial charge in [-0.2, -0.15) is 0 Å². The summed E-state index contributed by atoms with van der Waals surface area (Å²) in [7, 11) is 0. The highest BCUT2D eigenvalue weighted by molar-refractivity contribution is 5.37. The molecule has 2 nitrogen and oxygen atoms in total. The van der Waals surface area contributed by atoms with Gasteiger partial charge < -0.3 is 5.73 Å². The molecule has 0 spiro atoms. The van der Waals surface area contributed by atoms with E-state index in [1.165, 1.54) is 74.7 Å². The molecule has 1 saturated carbocycles. The van der Waals surface area contributed by atoms with Crippen molar-refractivity contribution >= 4 is 0 Å². The molecule has 1 unspecified atom stereocenters. The quantitative estimate of drug-likeness (QED) is 0.906. The van der Waals surface area contributed by atoms with Crippen LogP contribution in [0.2, 0.25) is 0 Å². The van der Waals surface area contributed by atoms with Crippen LogP contribution in [0, 0.1) is 13.8 Å². The van der Waals surface area contributed by atoms with E-state index in [2.05, 4.69) is 36.9 Å². The van der Waals surface area contributed by atoms with Crippen LogP contribution in [0.1, 0.15) is 67.7 Å². The largest absolute Gasteiger partial charge is 0.322 e. The summed E-state index contributed by atoms with van der Waals surface area (Å²) in [4.78, 5) is 2.75. The summed E-state index contributed by atoms with van der Waals surface area (Å²) < 4.78 is 0. The maximum absolute atomic E-state index is 6.89. The van der Waals surface area contributed by atoms with E-state index in [-0.39, 0.29) is 11.6 Å². The van der Waals surface area contributed by atoms with E-state index in [1.807, 2.05) is 0 Å². The van der Waals surface area contributed by atoms with Crippen LogP contribution in [0.15, 0.2) is 18.2 Å². The van der Waals surface area contributed by atoms with Crippen molar-refractivity contribution in [3.8, 4) is 0 Å². The van der Waals surface area contributed by atoms with Crippen molar-refractivity contribution < 1.29 is 0 Å².